The number of esters is 1. The Kier molecular flexibility index (Phi) is 3.72. The second-order valence-electron chi connectivity index (χ2n) is 5.59. The average molecular weight is 273 g/mol. The fraction of sp³-hybridized carbons (Fsp3) is 0.500. The summed E-state index contributed by atoms with van der Waals surface area (Å²) in [4.78, 5) is 24.1. The lowest BCUT2D eigenvalue weighted by molar-refractivity contribution is -0.153. The lowest BCUT2D eigenvalue weighted by Crippen LogP contribution is -2.31. The Labute approximate surface area is 118 Å². The normalized spacial score (nSPS) is 22.8. The summed E-state index contributed by atoms with van der Waals surface area (Å²) in [5, 5.41) is 2.80. The first kappa shape index (κ1) is 13.2. The average Bonchev–Trinajstić information content (AvgIpc) is 2.47. The molecule has 1 saturated carbocycles. The van der Waals surface area contributed by atoms with Gasteiger partial charge in [0.25, 0.3) is 0 Å². The predicted molar refractivity (Wildman–Crippen MR) is 75.4 cm³/mol. The lowest BCUT2D eigenvalue weighted by atomic mass is 9.90. The molecule has 0 radical (unpaired) electrons. The Morgan fingerprint density at radius 3 is 2.70 bits per heavy atom. The van der Waals surface area contributed by atoms with E-state index in [9.17, 15) is 9.59 Å². The molecule has 0 aromatic heterocycles. The van der Waals surface area contributed by atoms with Crippen LogP contribution in [0.1, 0.15) is 50.0 Å². The molecule has 1 aliphatic heterocycles. The van der Waals surface area contributed by atoms with E-state index in [0.717, 1.165) is 36.9 Å². The zero-order valence-electron chi connectivity index (χ0n) is 11.4. The van der Waals surface area contributed by atoms with Gasteiger partial charge < -0.3 is 10.1 Å². The zero-order valence-corrected chi connectivity index (χ0v) is 11.4. The quantitative estimate of drug-likeness (QED) is 0.843. The summed E-state index contributed by atoms with van der Waals surface area (Å²) >= 11 is 0. The van der Waals surface area contributed by atoms with Crippen molar-refractivity contribution in [3.8, 4) is 0 Å². The molecule has 4 heteroatoms. The van der Waals surface area contributed by atoms with Crippen LogP contribution in [0.2, 0.25) is 0 Å². The number of hydrogen-bond donors (Lipinski definition) is 1. The highest BCUT2D eigenvalue weighted by molar-refractivity contribution is 5.99. The minimum atomic E-state index is -0.457. The molecule has 0 bridgehead atoms. The molecule has 1 amide bonds. The highest BCUT2D eigenvalue weighted by Crippen LogP contribution is 2.33. The number of fused-ring (bicyclic) bond motifs is 1. The molecule has 1 aromatic rings. The third-order valence-corrected chi connectivity index (χ3v) is 4.12. The van der Waals surface area contributed by atoms with Crippen LogP contribution in [-0.2, 0) is 14.3 Å². The minimum absolute atomic E-state index is 0.0356. The van der Waals surface area contributed by atoms with Crippen LogP contribution in [0.5, 0.6) is 0 Å². The van der Waals surface area contributed by atoms with Gasteiger partial charge in [0.15, 0.2) is 0 Å². The molecular weight excluding hydrogens is 254 g/mol. The summed E-state index contributed by atoms with van der Waals surface area (Å²) in [6, 6.07) is 7.46. The molecule has 1 heterocycles. The van der Waals surface area contributed by atoms with Crippen LogP contribution in [0.25, 0.3) is 0 Å². The Bertz CT molecular complexity index is 520. The van der Waals surface area contributed by atoms with Crippen LogP contribution in [0.3, 0.4) is 0 Å². The maximum atomic E-state index is 12.4. The fourth-order valence-corrected chi connectivity index (χ4v) is 3.05. The number of carbonyl (C=O) groups excluding carboxylic acids is 2. The smallest absolute Gasteiger partial charge is 0.314 e. The highest BCUT2D eigenvalue weighted by atomic mass is 16.5. The molecule has 1 aromatic carbocycles. The second-order valence-corrected chi connectivity index (χ2v) is 5.59. The van der Waals surface area contributed by atoms with Crippen LogP contribution in [-0.4, -0.2) is 18.0 Å². The Morgan fingerprint density at radius 2 is 1.90 bits per heavy atom. The molecular formula is C16H19NO3. The van der Waals surface area contributed by atoms with Crippen LogP contribution in [0.15, 0.2) is 24.3 Å². The third kappa shape index (κ3) is 2.69. The van der Waals surface area contributed by atoms with E-state index in [0.29, 0.717) is 0 Å². The zero-order chi connectivity index (χ0) is 13.9. The van der Waals surface area contributed by atoms with Gasteiger partial charge in [0, 0.05) is 12.1 Å². The number of anilines is 1. The number of benzene rings is 1. The van der Waals surface area contributed by atoms with E-state index in [4.69, 9.17) is 4.74 Å². The predicted octanol–water partition coefficient (Wildman–Crippen LogP) is 2.99. The van der Waals surface area contributed by atoms with E-state index in [1.165, 1.54) is 6.42 Å². The van der Waals surface area contributed by atoms with E-state index in [1.807, 2.05) is 24.3 Å². The molecule has 1 unspecified atom stereocenters. The van der Waals surface area contributed by atoms with Crippen molar-refractivity contribution in [1.82, 2.24) is 0 Å². The first-order valence-electron chi connectivity index (χ1n) is 7.33. The standard InChI is InChI=1S/C16H19NO3/c18-15-10-13(12-8-4-5-9-14(12)17-15)16(19)20-11-6-2-1-3-7-11/h4-5,8-9,11,13H,1-3,6-7,10H2,(H,17,18). The Hall–Kier alpha value is -1.84. The molecule has 1 N–H and O–H groups in total. The summed E-state index contributed by atoms with van der Waals surface area (Å²) < 4.78 is 5.62. The van der Waals surface area contributed by atoms with Crippen LogP contribution in [0.4, 0.5) is 5.69 Å². The number of carbonyl (C=O) groups is 2. The topological polar surface area (TPSA) is 55.4 Å². The number of para-hydroxylation sites is 1. The van der Waals surface area contributed by atoms with Gasteiger partial charge in [-0.25, -0.2) is 0 Å². The maximum absolute atomic E-state index is 12.4. The molecule has 3 rings (SSSR count). The lowest BCUT2D eigenvalue weighted by Gasteiger charge is -2.27. The molecule has 4 nitrogen and oxygen atoms in total. The summed E-state index contributed by atoms with van der Waals surface area (Å²) in [6.45, 7) is 0. The first-order chi connectivity index (χ1) is 9.74. The summed E-state index contributed by atoms with van der Waals surface area (Å²) in [5.41, 5.74) is 1.60. The van der Waals surface area contributed by atoms with E-state index >= 15 is 0 Å². The van der Waals surface area contributed by atoms with Crippen molar-refractivity contribution in [3.05, 3.63) is 29.8 Å². The monoisotopic (exact) mass is 273 g/mol. The van der Waals surface area contributed by atoms with Crippen molar-refractivity contribution in [3.63, 3.8) is 0 Å². The first-order valence-corrected chi connectivity index (χ1v) is 7.33. The number of amides is 1. The third-order valence-electron chi connectivity index (χ3n) is 4.12. The van der Waals surface area contributed by atoms with E-state index in [-0.39, 0.29) is 24.4 Å². The molecule has 106 valence electrons. The van der Waals surface area contributed by atoms with Crippen molar-refractivity contribution < 1.29 is 14.3 Å². The number of rotatable bonds is 2. The summed E-state index contributed by atoms with van der Waals surface area (Å²) in [7, 11) is 0. The van der Waals surface area contributed by atoms with Gasteiger partial charge in [0.05, 0.1) is 5.92 Å². The summed E-state index contributed by atoms with van der Waals surface area (Å²) in [5.74, 6) is -0.824. The van der Waals surface area contributed by atoms with Gasteiger partial charge in [0.2, 0.25) is 5.91 Å². The van der Waals surface area contributed by atoms with Crippen molar-refractivity contribution in [2.45, 2.75) is 50.5 Å². The van der Waals surface area contributed by atoms with Crippen molar-refractivity contribution >= 4 is 17.6 Å². The fourth-order valence-electron chi connectivity index (χ4n) is 3.05. The van der Waals surface area contributed by atoms with Gasteiger partial charge in [-0.15, -0.1) is 0 Å². The van der Waals surface area contributed by atoms with Crippen LogP contribution < -0.4 is 5.32 Å². The van der Waals surface area contributed by atoms with Gasteiger partial charge in [0.1, 0.15) is 6.10 Å². The molecule has 1 atom stereocenters. The highest BCUT2D eigenvalue weighted by Gasteiger charge is 2.33. The molecule has 20 heavy (non-hydrogen) atoms. The van der Waals surface area contributed by atoms with Gasteiger partial charge in [-0.05, 0) is 37.3 Å². The second kappa shape index (κ2) is 5.65. The Morgan fingerprint density at radius 1 is 1.15 bits per heavy atom. The van der Waals surface area contributed by atoms with Crippen molar-refractivity contribution in [2.75, 3.05) is 5.32 Å². The van der Waals surface area contributed by atoms with Gasteiger partial charge in [-0.1, -0.05) is 24.6 Å². The van der Waals surface area contributed by atoms with Gasteiger partial charge >= 0.3 is 5.97 Å². The van der Waals surface area contributed by atoms with E-state index in [2.05, 4.69) is 5.32 Å². The number of hydrogen-bond acceptors (Lipinski definition) is 3. The van der Waals surface area contributed by atoms with Gasteiger partial charge in [-0.2, -0.15) is 0 Å². The number of nitrogens with one attached hydrogen (secondary N) is 1. The Balaban J connectivity index is 1.75. The summed E-state index contributed by atoms with van der Waals surface area (Å²) in [6.07, 6.45) is 5.59. The molecule has 0 saturated heterocycles. The molecule has 0 spiro atoms. The molecule has 2 aliphatic rings. The van der Waals surface area contributed by atoms with E-state index < -0.39 is 5.92 Å². The van der Waals surface area contributed by atoms with Crippen molar-refractivity contribution in [1.29, 1.82) is 0 Å². The minimum Gasteiger partial charge on any atom is -0.462 e. The number of ether oxygens (including phenoxy) is 1. The largest absolute Gasteiger partial charge is 0.462 e. The van der Waals surface area contributed by atoms with Crippen LogP contribution >= 0.6 is 0 Å². The van der Waals surface area contributed by atoms with Crippen molar-refractivity contribution in [2.24, 2.45) is 0 Å². The van der Waals surface area contributed by atoms with E-state index in [1.54, 1.807) is 0 Å². The SMILES string of the molecule is O=C1CC(C(=O)OC2CCCCC2)c2ccccc2N1. The van der Waals surface area contributed by atoms with Crippen LogP contribution in [0, 0.1) is 0 Å². The molecule has 1 fully saturated rings. The maximum Gasteiger partial charge on any atom is 0.314 e. The van der Waals surface area contributed by atoms with Gasteiger partial charge in [-0.3, -0.25) is 9.59 Å². The molecule has 1 aliphatic carbocycles.